The van der Waals surface area contributed by atoms with Crippen LogP contribution in [0.4, 0.5) is 0 Å². The fraction of sp³-hybridized carbons (Fsp3) is 0.389. The van der Waals surface area contributed by atoms with Gasteiger partial charge >= 0.3 is 17.9 Å². The fourth-order valence-electron chi connectivity index (χ4n) is 2.58. The molecule has 1 aliphatic carbocycles. The lowest BCUT2D eigenvalue weighted by Crippen LogP contribution is -2.63. The number of esters is 3. The van der Waals surface area contributed by atoms with Crippen LogP contribution >= 0.6 is 0 Å². The molecule has 0 saturated carbocycles. The maximum Gasteiger partial charge on any atom is 0.338 e. The van der Waals surface area contributed by atoms with Crippen molar-refractivity contribution in [2.45, 2.75) is 37.8 Å². The number of carbonyl (C=O) groups excluding carboxylic acids is 3. The maximum atomic E-state index is 12.1. The summed E-state index contributed by atoms with van der Waals surface area (Å²) in [6.07, 6.45) is -1.62. The van der Waals surface area contributed by atoms with E-state index in [4.69, 9.17) is 14.2 Å². The molecule has 8 heteroatoms. The minimum atomic E-state index is -2.19. The lowest BCUT2D eigenvalue weighted by Gasteiger charge is -2.42. The molecule has 26 heavy (non-hydrogen) atoms. The zero-order valence-corrected chi connectivity index (χ0v) is 14.3. The molecule has 8 nitrogen and oxygen atoms in total. The number of hydrogen-bond donors (Lipinski definition) is 2. The Morgan fingerprint density at radius 3 is 2.23 bits per heavy atom. The third-order valence-corrected chi connectivity index (χ3v) is 3.83. The Balaban J connectivity index is 2.22. The lowest BCUT2D eigenvalue weighted by atomic mass is 9.82. The zero-order valence-electron chi connectivity index (χ0n) is 14.3. The summed E-state index contributed by atoms with van der Waals surface area (Å²) in [5.74, 6) is -2.16. The molecule has 0 saturated heterocycles. The minimum Gasteiger partial charge on any atom is -0.459 e. The predicted octanol–water partition coefficient (Wildman–Crippen LogP) is 0.369. The molecule has 0 spiro atoms. The van der Waals surface area contributed by atoms with E-state index in [0.29, 0.717) is 0 Å². The van der Waals surface area contributed by atoms with E-state index < -0.39 is 48.4 Å². The molecule has 0 aliphatic heterocycles. The van der Waals surface area contributed by atoms with Gasteiger partial charge < -0.3 is 24.4 Å². The Morgan fingerprint density at radius 2 is 1.65 bits per heavy atom. The van der Waals surface area contributed by atoms with Gasteiger partial charge in [-0.3, -0.25) is 9.59 Å². The average molecular weight is 364 g/mol. The highest BCUT2D eigenvalue weighted by Gasteiger charge is 2.53. The van der Waals surface area contributed by atoms with Crippen molar-refractivity contribution in [2.75, 3.05) is 6.61 Å². The molecule has 0 amide bonds. The van der Waals surface area contributed by atoms with Crippen LogP contribution in [0.2, 0.25) is 0 Å². The molecule has 140 valence electrons. The van der Waals surface area contributed by atoms with E-state index in [2.05, 4.69) is 0 Å². The van der Waals surface area contributed by atoms with Gasteiger partial charge in [0.2, 0.25) is 0 Å². The number of benzene rings is 1. The molecule has 1 aromatic rings. The summed E-state index contributed by atoms with van der Waals surface area (Å²) in [7, 11) is 0. The van der Waals surface area contributed by atoms with Gasteiger partial charge in [-0.2, -0.15) is 0 Å². The van der Waals surface area contributed by atoms with E-state index in [1.807, 2.05) is 0 Å². The Morgan fingerprint density at radius 1 is 1.04 bits per heavy atom. The molecule has 4 unspecified atom stereocenters. The Labute approximate surface area is 150 Å². The second kappa shape index (κ2) is 8.11. The van der Waals surface area contributed by atoms with Crippen LogP contribution in [-0.2, 0) is 23.8 Å². The van der Waals surface area contributed by atoms with Crippen LogP contribution in [0.3, 0.4) is 0 Å². The first kappa shape index (κ1) is 19.6. The number of hydrogen-bond acceptors (Lipinski definition) is 8. The molecule has 4 atom stereocenters. The van der Waals surface area contributed by atoms with Crippen LogP contribution < -0.4 is 0 Å². The second-order valence-electron chi connectivity index (χ2n) is 5.87. The van der Waals surface area contributed by atoms with Crippen molar-refractivity contribution in [1.82, 2.24) is 0 Å². The normalized spacial score (nSPS) is 27.5. The van der Waals surface area contributed by atoms with Crippen LogP contribution in [0.1, 0.15) is 24.2 Å². The van der Waals surface area contributed by atoms with Gasteiger partial charge in [0.15, 0.2) is 17.8 Å². The fourth-order valence-corrected chi connectivity index (χ4v) is 2.58. The van der Waals surface area contributed by atoms with Crippen molar-refractivity contribution in [3.63, 3.8) is 0 Å². The summed E-state index contributed by atoms with van der Waals surface area (Å²) in [4.78, 5) is 34.8. The van der Waals surface area contributed by atoms with Crippen molar-refractivity contribution in [2.24, 2.45) is 0 Å². The van der Waals surface area contributed by atoms with E-state index in [-0.39, 0.29) is 5.56 Å². The molecule has 0 fully saturated rings. The third kappa shape index (κ3) is 4.47. The van der Waals surface area contributed by atoms with Gasteiger partial charge in [0, 0.05) is 13.8 Å². The first-order valence-electron chi connectivity index (χ1n) is 7.89. The van der Waals surface area contributed by atoms with Crippen molar-refractivity contribution >= 4 is 17.9 Å². The van der Waals surface area contributed by atoms with Crippen LogP contribution in [-0.4, -0.2) is 58.6 Å². The molecule has 1 aliphatic rings. The van der Waals surface area contributed by atoms with Gasteiger partial charge in [-0.15, -0.1) is 0 Å². The van der Waals surface area contributed by atoms with Gasteiger partial charge in [-0.1, -0.05) is 24.3 Å². The number of ether oxygens (including phenoxy) is 3. The van der Waals surface area contributed by atoms with Crippen LogP contribution in [0.15, 0.2) is 42.5 Å². The molecule has 0 heterocycles. The average Bonchev–Trinajstić information content (AvgIpc) is 2.60. The molecule has 0 bridgehead atoms. The Bertz CT molecular complexity index is 698. The van der Waals surface area contributed by atoms with E-state index in [0.717, 1.165) is 13.8 Å². The second-order valence-corrected chi connectivity index (χ2v) is 5.87. The minimum absolute atomic E-state index is 0.248. The van der Waals surface area contributed by atoms with E-state index in [1.54, 1.807) is 18.2 Å². The maximum absolute atomic E-state index is 12.1. The highest BCUT2D eigenvalue weighted by atomic mass is 16.6. The summed E-state index contributed by atoms with van der Waals surface area (Å²) in [6.45, 7) is 1.58. The summed E-state index contributed by atoms with van der Waals surface area (Å²) in [6, 6.07) is 8.05. The van der Waals surface area contributed by atoms with E-state index in [9.17, 15) is 24.6 Å². The van der Waals surface area contributed by atoms with Crippen molar-refractivity contribution in [3.05, 3.63) is 48.0 Å². The molecule has 1 aromatic carbocycles. The summed E-state index contributed by atoms with van der Waals surface area (Å²) in [5, 5.41) is 21.1. The van der Waals surface area contributed by atoms with Crippen LogP contribution in [0, 0.1) is 0 Å². The molecule has 0 aromatic heterocycles. The topological polar surface area (TPSA) is 119 Å². The third-order valence-electron chi connectivity index (χ3n) is 3.83. The number of carbonyl (C=O) groups is 3. The van der Waals surface area contributed by atoms with Gasteiger partial charge in [0.05, 0.1) is 5.56 Å². The van der Waals surface area contributed by atoms with E-state index >= 15 is 0 Å². The van der Waals surface area contributed by atoms with Crippen molar-refractivity contribution in [3.8, 4) is 0 Å². The summed E-state index contributed by atoms with van der Waals surface area (Å²) in [5.41, 5.74) is -1.94. The standard InChI is InChI=1S/C18H20O8/c1-11(19)25-14-8-9-15(21)18(23,16(14)26-12(2)20)10-24-17(22)13-6-4-3-5-7-13/h3-9,14-16,21,23H,10H2,1-2H3. The Hall–Kier alpha value is -2.71. The van der Waals surface area contributed by atoms with Gasteiger partial charge in [0.1, 0.15) is 12.7 Å². The quantitative estimate of drug-likeness (QED) is 0.437. The van der Waals surface area contributed by atoms with Gasteiger partial charge in [-0.05, 0) is 18.2 Å². The number of aliphatic hydroxyl groups excluding tert-OH is 1. The van der Waals surface area contributed by atoms with Crippen molar-refractivity contribution in [1.29, 1.82) is 0 Å². The predicted molar refractivity (Wildman–Crippen MR) is 87.9 cm³/mol. The molecule has 2 rings (SSSR count). The molecular formula is C18H20O8. The van der Waals surface area contributed by atoms with Crippen LogP contribution in [0.5, 0.6) is 0 Å². The van der Waals surface area contributed by atoms with Gasteiger partial charge in [-0.25, -0.2) is 4.79 Å². The largest absolute Gasteiger partial charge is 0.459 e. The molecule has 2 N–H and O–H groups in total. The highest BCUT2D eigenvalue weighted by Crippen LogP contribution is 2.30. The van der Waals surface area contributed by atoms with E-state index in [1.165, 1.54) is 24.3 Å². The molecule has 0 radical (unpaired) electrons. The smallest absolute Gasteiger partial charge is 0.338 e. The summed E-state index contributed by atoms with van der Waals surface area (Å²) < 4.78 is 15.2. The number of aliphatic hydroxyl groups is 2. The monoisotopic (exact) mass is 364 g/mol. The SMILES string of the molecule is CC(=O)OC1C=CC(O)C(O)(COC(=O)c2ccccc2)C1OC(C)=O. The number of rotatable bonds is 5. The van der Waals surface area contributed by atoms with Gasteiger partial charge in [0.25, 0.3) is 0 Å². The van der Waals surface area contributed by atoms with Crippen LogP contribution in [0.25, 0.3) is 0 Å². The Kier molecular flexibility index (Phi) is 6.12. The highest BCUT2D eigenvalue weighted by molar-refractivity contribution is 5.89. The first-order chi connectivity index (χ1) is 12.2. The first-order valence-corrected chi connectivity index (χ1v) is 7.89. The zero-order chi connectivity index (χ0) is 19.3. The molecular weight excluding hydrogens is 344 g/mol. The lowest BCUT2D eigenvalue weighted by molar-refractivity contribution is -0.211. The van der Waals surface area contributed by atoms with Crippen molar-refractivity contribution < 1.29 is 38.8 Å². The summed E-state index contributed by atoms with van der Waals surface area (Å²) >= 11 is 0.